The summed E-state index contributed by atoms with van der Waals surface area (Å²) in [4.78, 5) is 35.7. The molecule has 2 saturated heterocycles. The Kier molecular flexibility index (Phi) is 14.1. The fraction of sp³-hybridized carbons (Fsp3) is 0.341. The standard InChI is InChI=1S/C23H27N7O3S2.C21H22Cl2N4O2/c1-35(31,32)30-7-5-28(6-8-30)15-16-13-20-21(34-16)23(29-9-11-33-12-10-29)26-22(25-20)17-3-2-4-19-18(17)14-24-27-19;1-12(2)26-20-8-16(17(23)10-25-20)14-7-18(24-9-14)21(29)27-19(11-28)13-4-3-5-15(22)6-13/h2-4,13-14H,5-12,15H2,1H3,(H,24,27);3-10,12,19,24,28H,11H2,1-2H3,(H,25,26)(H,27,29)/t;19-/m.1/s1. The molecular weight excluding hydrogens is 898 g/mol. The van der Waals surface area contributed by atoms with Crippen LogP contribution in [0.1, 0.15) is 40.8 Å². The Morgan fingerprint density at radius 1 is 0.969 bits per heavy atom. The number of amides is 1. The molecule has 7 aromatic rings. The molecule has 20 heteroatoms. The van der Waals surface area contributed by atoms with Crippen LogP contribution in [0, 0.1) is 0 Å². The van der Waals surface area contributed by atoms with Gasteiger partial charge in [0.2, 0.25) is 10.0 Å². The van der Waals surface area contributed by atoms with Crippen molar-refractivity contribution in [2.24, 2.45) is 0 Å². The predicted octanol–water partition coefficient (Wildman–Crippen LogP) is 6.82. The van der Waals surface area contributed by atoms with Gasteiger partial charge in [0.1, 0.15) is 11.5 Å². The number of hydrogen-bond donors (Lipinski definition) is 5. The van der Waals surface area contributed by atoms with Crippen LogP contribution in [0.5, 0.6) is 0 Å². The van der Waals surface area contributed by atoms with Crippen LogP contribution in [-0.4, -0.2) is 130 Å². The van der Waals surface area contributed by atoms with Crippen molar-refractivity contribution in [2.45, 2.75) is 32.5 Å². The van der Waals surface area contributed by atoms with Gasteiger partial charge in [0.05, 0.1) is 59.1 Å². The summed E-state index contributed by atoms with van der Waals surface area (Å²) in [6.07, 6.45) is 6.39. The highest BCUT2D eigenvalue weighted by atomic mass is 35.5. The Bertz CT molecular complexity index is 2860. The van der Waals surface area contributed by atoms with Crippen molar-refractivity contribution in [3.8, 4) is 22.5 Å². The van der Waals surface area contributed by atoms with Crippen LogP contribution in [0.4, 0.5) is 11.6 Å². The number of halogens is 2. The second-order valence-corrected chi connectivity index (χ2v) is 19.8. The topological polar surface area (TPSA) is 198 Å². The van der Waals surface area contributed by atoms with E-state index in [0.29, 0.717) is 53.7 Å². The highest BCUT2D eigenvalue weighted by Crippen LogP contribution is 2.37. The van der Waals surface area contributed by atoms with Gasteiger partial charge in [-0.15, -0.1) is 11.3 Å². The summed E-state index contributed by atoms with van der Waals surface area (Å²) in [6.45, 7) is 10.0. The number of H-pyrrole nitrogens is 2. The molecule has 2 aliphatic heterocycles. The van der Waals surface area contributed by atoms with E-state index in [9.17, 15) is 18.3 Å². The summed E-state index contributed by atoms with van der Waals surface area (Å²) >= 11 is 14.0. The van der Waals surface area contributed by atoms with Gasteiger partial charge in [0, 0.05) is 96.2 Å². The molecule has 9 rings (SSSR count). The van der Waals surface area contributed by atoms with Gasteiger partial charge in [-0.1, -0.05) is 47.5 Å². The van der Waals surface area contributed by atoms with E-state index >= 15 is 0 Å². The number of nitrogens with one attached hydrogen (secondary N) is 4. The molecule has 16 nitrogen and oxygen atoms in total. The third kappa shape index (κ3) is 10.7. The Morgan fingerprint density at radius 3 is 2.48 bits per heavy atom. The number of aromatic amines is 2. The van der Waals surface area contributed by atoms with Crippen LogP contribution in [0.2, 0.25) is 10.0 Å². The van der Waals surface area contributed by atoms with Gasteiger partial charge >= 0.3 is 0 Å². The number of piperazine rings is 1. The molecule has 64 heavy (non-hydrogen) atoms. The molecule has 5 N–H and O–H groups in total. The molecule has 1 amide bonds. The summed E-state index contributed by atoms with van der Waals surface area (Å²) in [6, 6.07) is 18.4. The molecule has 0 bridgehead atoms. The Hall–Kier alpha value is -5.18. The molecule has 0 radical (unpaired) electrons. The normalized spacial score (nSPS) is 15.6. The minimum absolute atomic E-state index is 0.228. The molecule has 0 saturated carbocycles. The monoisotopic (exact) mass is 945 g/mol. The molecule has 7 heterocycles. The Labute approximate surface area is 385 Å². The summed E-state index contributed by atoms with van der Waals surface area (Å²) in [7, 11) is -3.13. The lowest BCUT2D eigenvalue weighted by Crippen LogP contribution is -2.47. The minimum atomic E-state index is -3.13. The van der Waals surface area contributed by atoms with E-state index in [1.54, 1.807) is 58.4 Å². The largest absolute Gasteiger partial charge is 0.394 e. The van der Waals surface area contributed by atoms with Crippen LogP contribution in [0.25, 0.3) is 43.6 Å². The van der Waals surface area contributed by atoms with Gasteiger partial charge in [0.15, 0.2) is 11.6 Å². The number of nitrogens with zero attached hydrogens (tertiary/aromatic N) is 7. The van der Waals surface area contributed by atoms with Gasteiger partial charge in [-0.3, -0.25) is 14.8 Å². The fourth-order valence-corrected chi connectivity index (χ4v) is 10.1. The lowest BCUT2D eigenvalue weighted by molar-refractivity contribution is 0.0911. The summed E-state index contributed by atoms with van der Waals surface area (Å²) in [5.74, 6) is 2.00. The lowest BCUT2D eigenvalue weighted by atomic mass is 10.1. The maximum Gasteiger partial charge on any atom is 0.268 e. The van der Waals surface area contributed by atoms with E-state index in [1.165, 1.54) is 11.1 Å². The number of ether oxygens (including phenoxy) is 1. The van der Waals surface area contributed by atoms with Crippen molar-refractivity contribution in [1.29, 1.82) is 0 Å². The van der Waals surface area contributed by atoms with Gasteiger partial charge < -0.3 is 30.4 Å². The number of aliphatic hydroxyl groups excluding tert-OH is 1. The van der Waals surface area contributed by atoms with Crippen molar-refractivity contribution >= 4 is 83.2 Å². The maximum absolute atomic E-state index is 12.7. The maximum atomic E-state index is 12.7. The number of anilines is 2. The van der Waals surface area contributed by atoms with Crippen molar-refractivity contribution < 1.29 is 23.1 Å². The molecule has 336 valence electrons. The number of hydrogen-bond acceptors (Lipinski definition) is 13. The number of aliphatic hydroxyl groups is 1. The van der Waals surface area contributed by atoms with Crippen molar-refractivity contribution in [3.63, 3.8) is 0 Å². The summed E-state index contributed by atoms with van der Waals surface area (Å²) in [5.41, 5.74) is 5.45. The van der Waals surface area contributed by atoms with E-state index in [1.807, 2.05) is 44.3 Å². The highest BCUT2D eigenvalue weighted by molar-refractivity contribution is 7.88. The van der Waals surface area contributed by atoms with Crippen molar-refractivity contribution in [1.82, 2.24) is 44.7 Å². The molecule has 0 spiro atoms. The molecule has 5 aromatic heterocycles. The zero-order valence-electron chi connectivity index (χ0n) is 35.5. The highest BCUT2D eigenvalue weighted by Gasteiger charge is 2.26. The average molecular weight is 947 g/mol. The average Bonchev–Trinajstić information content (AvgIpc) is 4.07. The fourth-order valence-electron chi connectivity index (χ4n) is 7.66. The first kappa shape index (κ1) is 45.4. The number of fused-ring (bicyclic) bond motifs is 2. The molecule has 0 unspecified atom stereocenters. The predicted molar refractivity (Wildman–Crippen MR) is 254 cm³/mol. The van der Waals surface area contributed by atoms with E-state index < -0.39 is 16.1 Å². The first-order valence-corrected chi connectivity index (χ1v) is 24.3. The molecule has 2 aromatic carbocycles. The summed E-state index contributed by atoms with van der Waals surface area (Å²) < 4.78 is 31.9. The van der Waals surface area contributed by atoms with Crippen LogP contribution in [0.15, 0.2) is 79.3 Å². The molecule has 2 fully saturated rings. The zero-order chi connectivity index (χ0) is 45.0. The minimum Gasteiger partial charge on any atom is -0.394 e. The molecule has 0 aliphatic carbocycles. The lowest BCUT2D eigenvalue weighted by Gasteiger charge is -2.32. The van der Waals surface area contributed by atoms with Crippen molar-refractivity contribution in [3.05, 3.63) is 105 Å². The molecule has 1 atom stereocenters. The van der Waals surface area contributed by atoms with E-state index in [4.69, 9.17) is 37.9 Å². The first-order chi connectivity index (χ1) is 30.8. The van der Waals surface area contributed by atoms with Crippen LogP contribution in [-0.2, 0) is 21.3 Å². The number of carbonyl (C=O) groups excluding carboxylic acids is 1. The quantitative estimate of drug-likeness (QED) is 0.0859. The number of morpholine rings is 1. The zero-order valence-corrected chi connectivity index (χ0v) is 38.7. The number of sulfonamides is 1. The Balaban J connectivity index is 0.000000179. The van der Waals surface area contributed by atoms with Gasteiger partial charge in [-0.25, -0.2) is 23.4 Å². The SMILES string of the molecule is CC(C)Nc1cc(-c2c[nH]c(C(=O)N[C@H](CO)c3cccc(Cl)c3)c2)c(Cl)cn1.CS(=O)(=O)N1CCN(Cc2cc3nc(-c4cccc5[nH]ncc45)nc(N4CCOCC4)c3s2)CC1. The van der Waals surface area contributed by atoms with E-state index in [0.717, 1.165) is 81.9 Å². The third-order valence-electron chi connectivity index (χ3n) is 10.9. The van der Waals surface area contributed by atoms with Gasteiger partial charge in [-0.05, 0) is 55.8 Å². The third-order valence-corrected chi connectivity index (χ3v) is 13.8. The number of aromatic nitrogens is 6. The second kappa shape index (κ2) is 19.9. The smallest absolute Gasteiger partial charge is 0.268 e. The van der Waals surface area contributed by atoms with Gasteiger partial charge in [-0.2, -0.15) is 9.40 Å². The van der Waals surface area contributed by atoms with Gasteiger partial charge in [0.25, 0.3) is 5.91 Å². The Morgan fingerprint density at radius 2 is 1.75 bits per heavy atom. The van der Waals surface area contributed by atoms with Crippen LogP contribution >= 0.6 is 34.5 Å². The van der Waals surface area contributed by atoms with Crippen LogP contribution < -0.4 is 15.5 Å². The van der Waals surface area contributed by atoms with Crippen LogP contribution in [0.3, 0.4) is 0 Å². The molecular formula is C44H49Cl2N11O5S2. The number of carbonyl (C=O) groups is 1. The molecule has 2 aliphatic rings. The summed E-state index contributed by atoms with van der Waals surface area (Å²) in [5, 5.41) is 25.0. The van der Waals surface area contributed by atoms with E-state index in [2.05, 4.69) is 46.7 Å². The number of benzene rings is 2. The number of rotatable bonds is 12. The number of pyridine rings is 1. The van der Waals surface area contributed by atoms with E-state index in [-0.39, 0.29) is 18.6 Å². The second-order valence-electron chi connectivity index (χ2n) is 15.9. The first-order valence-electron chi connectivity index (χ1n) is 20.8. The van der Waals surface area contributed by atoms with Crippen molar-refractivity contribution in [2.75, 3.05) is 75.6 Å². The number of thiophene rings is 1.